The van der Waals surface area contributed by atoms with Gasteiger partial charge in [-0.1, -0.05) is 15.9 Å². The van der Waals surface area contributed by atoms with Crippen LogP contribution < -0.4 is 4.74 Å². The van der Waals surface area contributed by atoms with Gasteiger partial charge in [0, 0.05) is 4.47 Å². The molecular formula is C16H11BrN4O2. The van der Waals surface area contributed by atoms with Crippen molar-refractivity contribution >= 4 is 28.1 Å². The van der Waals surface area contributed by atoms with Crippen LogP contribution in [0, 0.1) is 0 Å². The van der Waals surface area contributed by atoms with Crippen LogP contribution in [0.5, 0.6) is 5.75 Å². The fourth-order valence-corrected chi connectivity index (χ4v) is 2.03. The zero-order valence-corrected chi connectivity index (χ0v) is 13.4. The molecule has 7 heteroatoms. The van der Waals surface area contributed by atoms with Crippen LogP contribution >= 0.6 is 15.9 Å². The molecule has 114 valence electrons. The van der Waals surface area contributed by atoms with E-state index in [9.17, 15) is 4.79 Å². The van der Waals surface area contributed by atoms with Gasteiger partial charge in [-0.25, -0.2) is 9.47 Å². The third kappa shape index (κ3) is 4.10. The van der Waals surface area contributed by atoms with E-state index in [0.717, 1.165) is 10.0 Å². The number of halogens is 1. The Morgan fingerprint density at radius 1 is 1.04 bits per heavy atom. The number of ether oxygens (including phenoxy) is 1. The van der Waals surface area contributed by atoms with Gasteiger partial charge < -0.3 is 4.74 Å². The quantitative estimate of drug-likeness (QED) is 0.401. The second-order valence-corrected chi connectivity index (χ2v) is 5.47. The minimum Gasteiger partial charge on any atom is -0.423 e. The van der Waals surface area contributed by atoms with Crippen LogP contribution in [-0.2, 0) is 0 Å². The highest BCUT2D eigenvalue weighted by atomic mass is 79.9. The molecule has 3 aromatic rings. The Balaban J connectivity index is 1.65. The molecule has 0 saturated carbocycles. The number of aromatic nitrogens is 3. The molecule has 23 heavy (non-hydrogen) atoms. The molecule has 0 bridgehead atoms. The van der Waals surface area contributed by atoms with Crippen molar-refractivity contribution < 1.29 is 9.53 Å². The van der Waals surface area contributed by atoms with Crippen LogP contribution in [0.4, 0.5) is 0 Å². The van der Waals surface area contributed by atoms with Gasteiger partial charge in [-0.3, -0.25) is 0 Å². The molecule has 6 nitrogen and oxygen atoms in total. The number of nitrogens with zero attached hydrogens (tertiary/aromatic N) is 4. The van der Waals surface area contributed by atoms with E-state index in [4.69, 9.17) is 4.74 Å². The van der Waals surface area contributed by atoms with Crippen molar-refractivity contribution in [1.29, 1.82) is 0 Å². The topological polar surface area (TPSA) is 69.4 Å². The molecule has 2 aromatic carbocycles. The maximum atomic E-state index is 12.0. The molecule has 0 atom stereocenters. The Bertz CT molecular complexity index is 812. The van der Waals surface area contributed by atoms with Crippen LogP contribution in [0.1, 0.15) is 15.9 Å². The summed E-state index contributed by atoms with van der Waals surface area (Å²) in [6.45, 7) is 0. The molecular weight excluding hydrogens is 360 g/mol. The lowest BCUT2D eigenvalue weighted by Gasteiger charge is -2.04. The predicted molar refractivity (Wildman–Crippen MR) is 88.6 cm³/mol. The normalized spacial score (nSPS) is 10.8. The van der Waals surface area contributed by atoms with Crippen molar-refractivity contribution in [1.82, 2.24) is 14.9 Å². The van der Waals surface area contributed by atoms with Crippen LogP contribution in [0.15, 0.2) is 70.8 Å². The van der Waals surface area contributed by atoms with Gasteiger partial charge in [-0.15, -0.1) is 10.2 Å². The van der Waals surface area contributed by atoms with E-state index in [2.05, 4.69) is 31.2 Å². The third-order valence-corrected chi connectivity index (χ3v) is 3.45. The molecule has 0 radical (unpaired) electrons. The predicted octanol–water partition coefficient (Wildman–Crippen LogP) is 3.14. The summed E-state index contributed by atoms with van der Waals surface area (Å²) in [5.41, 5.74) is 1.36. The van der Waals surface area contributed by atoms with Gasteiger partial charge >= 0.3 is 5.97 Å². The van der Waals surface area contributed by atoms with Crippen LogP contribution in [0.25, 0.3) is 0 Å². The first-order chi connectivity index (χ1) is 11.2. The monoisotopic (exact) mass is 370 g/mol. The number of hydrogen-bond donors (Lipinski definition) is 0. The molecule has 3 rings (SSSR count). The molecule has 0 spiro atoms. The standard InChI is InChI=1S/C16H11BrN4O2/c17-14-5-3-13(4-6-14)16(22)23-15-7-1-12(2-8-15)9-20-21-10-18-19-11-21/h1-11H/b20-9+. The second-order valence-electron chi connectivity index (χ2n) is 4.55. The van der Waals surface area contributed by atoms with E-state index in [1.807, 2.05) is 0 Å². The molecule has 0 aliphatic heterocycles. The Hall–Kier alpha value is -2.80. The van der Waals surface area contributed by atoms with Crippen molar-refractivity contribution in [3.63, 3.8) is 0 Å². The Morgan fingerprint density at radius 2 is 1.70 bits per heavy atom. The first-order valence-electron chi connectivity index (χ1n) is 6.67. The molecule has 0 aliphatic rings. The number of hydrogen-bond acceptors (Lipinski definition) is 5. The third-order valence-electron chi connectivity index (χ3n) is 2.92. The second kappa shape index (κ2) is 6.97. The van der Waals surface area contributed by atoms with Crippen LogP contribution in [0.2, 0.25) is 0 Å². The fraction of sp³-hybridized carbons (Fsp3) is 0. The van der Waals surface area contributed by atoms with Gasteiger partial charge in [0.05, 0.1) is 11.8 Å². The van der Waals surface area contributed by atoms with Crippen LogP contribution in [-0.4, -0.2) is 27.1 Å². The summed E-state index contributed by atoms with van der Waals surface area (Å²) >= 11 is 3.32. The highest BCUT2D eigenvalue weighted by Crippen LogP contribution is 2.15. The van der Waals surface area contributed by atoms with Crippen molar-refractivity contribution in [2.24, 2.45) is 5.10 Å². The molecule has 0 fully saturated rings. The molecule has 1 aromatic heterocycles. The Morgan fingerprint density at radius 3 is 2.35 bits per heavy atom. The van der Waals surface area contributed by atoms with E-state index >= 15 is 0 Å². The maximum Gasteiger partial charge on any atom is 0.343 e. The SMILES string of the molecule is O=C(Oc1ccc(/C=N/n2cnnc2)cc1)c1ccc(Br)cc1. The average molecular weight is 371 g/mol. The minimum atomic E-state index is -0.400. The smallest absolute Gasteiger partial charge is 0.343 e. The zero-order valence-electron chi connectivity index (χ0n) is 11.8. The maximum absolute atomic E-state index is 12.0. The lowest BCUT2D eigenvalue weighted by Crippen LogP contribution is -2.08. The summed E-state index contributed by atoms with van der Waals surface area (Å²) in [5.74, 6) is 0.0720. The lowest BCUT2D eigenvalue weighted by atomic mass is 10.2. The van der Waals surface area contributed by atoms with Crippen molar-refractivity contribution in [3.05, 3.63) is 76.8 Å². The summed E-state index contributed by atoms with van der Waals surface area (Å²) in [5, 5.41) is 11.4. The van der Waals surface area contributed by atoms with Crippen molar-refractivity contribution in [3.8, 4) is 5.75 Å². The number of benzene rings is 2. The van der Waals surface area contributed by atoms with Gasteiger partial charge in [0.2, 0.25) is 0 Å². The molecule has 0 amide bonds. The van der Waals surface area contributed by atoms with Gasteiger partial charge in [-0.2, -0.15) is 5.10 Å². The Labute approximate surface area is 140 Å². The van der Waals surface area contributed by atoms with Crippen molar-refractivity contribution in [2.75, 3.05) is 0 Å². The highest BCUT2D eigenvalue weighted by molar-refractivity contribution is 9.10. The summed E-state index contributed by atoms with van der Waals surface area (Å²) in [4.78, 5) is 12.0. The summed E-state index contributed by atoms with van der Waals surface area (Å²) in [6, 6.07) is 14.0. The average Bonchev–Trinajstić information content (AvgIpc) is 3.08. The summed E-state index contributed by atoms with van der Waals surface area (Å²) in [6.07, 6.45) is 4.64. The van der Waals surface area contributed by atoms with Crippen molar-refractivity contribution in [2.45, 2.75) is 0 Å². The minimum absolute atomic E-state index is 0.400. The Kier molecular flexibility index (Phi) is 4.58. The van der Waals surface area contributed by atoms with Gasteiger partial charge in [-0.05, 0) is 54.1 Å². The number of carbonyl (C=O) groups excluding carboxylic acids is 1. The lowest BCUT2D eigenvalue weighted by molar-refractivity contribution is 0.0735. The van der Waals surface area contributed by atoms with E-state index in [1.54, 1.807) is 54.7 Å². The summed E-state index contributed by atoms with van der Waals surface area (Å²) < 4.78 is 7.72. The molecule has 0 N–H and O–H groups in total. The number of esters is 1. The zero-order chi connectivity index (χ0) is 16.1. The molecule has 1 heterocycles. The van der Waals surface area contributed by atoms with Gasteiger partial charge in [0.1, 0.15) is 18.4 Å². The van der Waals surface area contributed by atoms with Crippen LogP contribution in [0.3, 0.4) is 0 Å². The first kappa shape index (κ1) is 15.1. The van der Waals surface area contributed by atoms with Gasteiger partial charge in [0.25, 0.3) is 0 Å². The van der Waals surface area contributed by atoms with Gasteiger partial charge in [0.15, 0.2) is 0 Å². The number of carbonyl (C=O) groups is 1. The first-order valence-corrected chi connectivity index (χ1v) is 7.47. The molecule has 0 aliphatic carbocycles. The number of rotatable bonds is 4. The van der Waals surface area contributed by atoms with E-state index < -0.39 is 5.97 Å². The molecule has 0 saturated heterocycles. The van der Waals surface area contributed by atoms with E-state index in [-0.39, 0.29) is 0 Å². The highest BCUT2D eigenvalue weighted by Gasteiger charge is 2.08. The van der Waals surface area contributed by atoms with E-state index in [0.29, 0.717) is 11.3 Å². The van der Waals surface area contributed by atoms with E-state index in [1.165, 1.54) is 17.3 Å². The molecule has 0 unspecified atom stereocenters. The summed E-state index contributed by atoms with van der Waals surface area (Å²) in [7, 11) is 0. The fourth-order valence-electron chi connectivity index (χ4n) is 1.76. The largest absolute Gasteiger partial charge is 0.423 e.